The van der Waals surface area contributed by atoms with E-state index in [0.29, 0.717) is 6.54 Å². The second-order valence-corrected chi connectivity index (χ2v) is 7.21. The normalized spacial score (nSPS) is 15.4. The van der Waals surface area contributed by atoms with Crippen molar-refractivity contribution < 1.29 is 0 Å². The fraction of sp³-hybridized carbons (Fsp3) is 0.529. The fourth-order valence-corrected chi connectivity index (χ4v) is 3.38. The smallest absolute Gasteiger partial charge is 0.347 e. The summed E-state index contributed by atoms with van der Waals surface area (Å²) in [6.45, 7) is 5.48. The number of aromatic nitrogens is 4. The standard InChI is InChI=1S/C17H23BrN6O2/c1-21-16(25)13-19-24(17(21)26)8-3-2-7-22-9-11-23(12-10-22)15-6-4-5-14(18)20-15/h4-6,13H,2-3,7-12H2,1H3/i18-4. The van der Waals surface area contributed by atoms with Crippen LogP contribution in [0.1, 0.15) is 12.8 Å². The minimum absolute atomic E-state index is 0.354. The van der Waals surface area contributed by atoms with E-state index in [0.717, 1.165) is 60.6 Å². The van der Waals surface area contributed by atoms with Crippen molar-refractivity contribution in [3.8, 4) is 0 Å². The average Bonchev–Trinajstić information content (AvgIpc) is 2.65. The lowest BCUT2D eigenvalue weighted by molar-refractivity contribution is 0.249. The van der Waals surface area contributed by atoms with Crippen molar-refractivity contribution in [1.29, 1.82) is 0 Å². The van der Waals surface area contributed by atoms with Crippen LogP contribution in [0, 0.1) is 0 Å². The first-order valence-corrected chi connectivity index (χ1v) is 9.57. The van der Waals surface area contributed by atoms with E-state index in [4.69, 9.17) is 0 Å². The Bertz CT molecular complexity index is 857. The van der Waals surface area contributed by atoms with Gasteiger partial charge < -0.3 is 4.90 Å². The maximum Gasteiger partial charge on any atom is 0.347 e. The molecule has 0 atom stereocenters. The molecule has 0 unspecified atom stereocenters. The van der Waals surface area contributed by atoms with Crippen molar-refractivity contribution in [2.45, 2.75) is 19.4 Å². The number of aryl methyl sites for hydroxylation is 1. The Labute approximate surface area is 160 Å². The van der Waals surface area contributed by atoms with Gasteiger partial charge in [0.1, 0.15) is 16.6 Å². The highest BCUT2D eigenvalue weighted by molar-refractivity contribution is 9.10. The summed E-state index contributed by atoms with van der Waals surface area (Å²) in [7, 11) is 1.47. The van der Waals surface area contributed by atoms with E-state index < -0.39 is 0 Å². The molecule has 1 aliphatic heterocycles. The topological polar surface area (TPSA) is 76.3 Å². The zero-order valence-corrected chi connectivity index (χ0v) is 16.4. The van der Waals surface area contributed by atoms with Crippen molar-refractivity contribution in [3.05, 3.63) is 49.8 Å². The molecule has 0 radical (unpaired) electrons. The molecule has 0 bridgehead atoms. The average molecular weight is 419 g/mol. The summed E-state index contributed by atoms with van der Waals surface area (Å²) in [6, 6.07) is 5.98. The van der Waals surface area contributed by atoms with Crippen molar-refractivity contribution in [2.24, 2.45) is 7.05 Å². The Hall–Kier alpha value is -2.00. The van der Waals surface area contributed by atoms with Crippen LogP contribution in [0.4, 0.5) is 5.82 Å². The molecule has 1 aliphatic rings. The van der Waals surface area contributed by atoms with Crippen LogP contribution in [-0.2, 0) is 13.6 Å². The molecule has 2 aromatic heterocycles. The Morgan fingerprint density at radius 2 is 1.81 bits per heavy atom. The molecular weight excluding hydrogens is 396 g/mol. The number of rotatable bonds is 6. The highest BCUT2D eigenvalue weighted by Crippen LogP contribution is 2.16. The summed E-state index contributed by atoms with van der Waals surface area (Å²) in [5, 5.41) is 3.91. The molecule has 1 saturated heterocycles. The maximum atomic E-state index is 11.9. The number of piperazine rings is 1. The van der Waals surface area contributed by atoms with E-state index in [1.165, 1.54) is 17.9 Å². The van der Waals surface area contributed by atoms with Crippen LogP contribution in [0.25, 0.3) is 0 Å². The second-order valence-electron chi connectivity index (χ2n) is 6.40. The number of halogens is 1. The highest BCUT2D eigenvalue weighted by Gasteiger charge is 2.17. The number of anilines is 1. The summed E-state index contributed by atoms with van der Waals surface area (Å²) in [4.78, 5) is 32.5. The van der Waals surface area contributed by atoms with Gasteiger partial charge in [-0.05, 0) is 47.4 Å². The monoisotopic (exact) mass is 419 g/mol. The van der Waals surface area contributed by atoms with E-state index >= 15 is 0 Å². The molecule has 0 N–H and O–H groups in total. The first-order chi connectivity index (χ1) is 12.5. The van der Waals surface area contributed by atoms with Crippen LogP contribution in [0.15, 0.2) is 38.6 Å². The lowest BCUT2D eigenvalue weighted by atomic mass is 10.2. The maximum absolute atomic E-state index is 11.9. The molecule has 2 aromatic rings. The molecular formula is C17H23BrN6O2. The van der Waals surface area contributed by atoms with Crippen molar-refractivity contribution in [1.82, 2.24) is 24.2 Å². The Kier molecular flexibility index (Phi) is 6.20. The minimum Gasteiger partial charge on any atom is -0.354 e. The van der Waals surface area contributed by atoms with Gasteiger partial charge >= 0.3 is 5.69 Å². The van der Waals surface area contributed by atoms with Gasteiger partial charge in [0.25, 0.3) is 5.56 Å². The highest BCUT2D eigenvalue weighted by atomic mass is 75.9. The van der Waals surface area contributed by atoms with Gasteiger partial charge in [-0.15, -0.1) is 0 Å². The molecule has 0 amide bonds. The van der Waals surface area contributed by atoms with Gasteiger partial charge in [-0.1, -0.05) is 6.07 Å². The van der Waals surface area contributed by atoms with E-state index in [1.807, 2.05) is 18.2 Å². The summed E-state index contributed by atoms with van der Waals surface area (Å²) in [6.07, 6.45) is 3.04. The van der Waals surface area contributed by atoms with Gasteiger partial charge in [-0.3, -0.25) is 14.3 Å². The molecule has 0 spiro atoms. The van der Waals surface area contributed by atoms with Crippen LogP contribution in [-0.4, -0.2) is 57.0 Å². The molecule has 26 heavy (non-hydrogen) atoms. The van der Waals surface area contributed by atoms with Crippen LogP contribution >= 0.6 is 15.9 Å². The number of hydrogen-bond donors (Lipinski definition) is 0. The number of pyridine rings is 1. The van der Waals surface area contributed by atoms with Gasteiger partial charge in [0.15, 0.2) is 0 Å². The predicted molar refractivity (Wildman–Crippen MR) is 104 cm³/mol. The lowest BCUT2D eigenvalue weighted by Crippen LogP contribution is -2.47. The SMILES string of the molecule is Cn1c(=O)cnn(CCCCN2CCN(c3cccc([76Br])n3)CC2)c1=O. The molecule has 3 heterocycles. The zero-order chi connectivity index (χ0) is 18.5. The third-order valence-corrected chi connectivity index (χ3v) is 5.08. The third kappa shape index (κ3) is 4.59. The van der Waals surface area contributed by atoms with Crippen LogP contribution in [0.3, 0.4) is 0 Å². The molecule has 0 aliphatic carbocycles. The predicted octanol–water partition coefficient (Wildman–Crippen LogP) is 0.702. The number of nitrogens with zero attached hydrogens (tertiary/aromatic N) is 6. The molecule has 140 valence electrons. The van der Waals surface area contributed by atoms with Gasteiger partial charge in [-0.25, -0.2) is 14.5 Å². The second kappa shape index (κ2) is 8.59. The van der Waals surface area contributed by atoms with Crippen molar-refractivity contribution in [2.75, 3.05) is 37.6 Å². The van der Waals surface area contributed by atoms with E-state index in [1.54, 1.807) is 0 Å². The lowest BCUT2D eigenvalue weighted by Gasteiger charge is -2.35. The zero-order valence-electron chi connectivity index (χ0n) is 14.8. The minimum atomic E-state index is -0.371. The van der Waals surface area contributed by atoms with Gasteiger partial charge in [0, 0.05) is 39.8 Å². The molecule has 9 heteroatoms. The molecule has 0 saturated carbocycles. The molecule has 8 nitrogen and oxygen atoms in total. The summed E-state index contributed by atoms with van der Waals surface area (Å²) >= 11 is 3.42. The van der Waals surface area contributed by atoms with E-state index in [2.05, 4.69) is 35.8 Å². The molecule has 3 rings (SSSR count). The Morgan fingerprint density at radius 3 is 2.54 bits per heavy atom. The van der Waals surface area contributed by atoms with E-state index in [9.17, 15) is 9.59 Å². The Morgan fingerprint density at radius 1 is 1.08 bits per heavy atom. The summed E-state index contributed by atoms with van der Waals surface area (Å²) < 4.78 is 3.31. The largest absolute Gasteiger partial charge is 0.354 e. The summed E-state index contributed by atoms with van der Waals surface area (Å²) in [5.74, 6) is 1.01. The first kappa shape index (κ1) is 18.8. The van der Waals surface area contributed by atoms with Crippen LogP contribution < -0.4 is 16.1 Å². The van der Waals surface area contributed by atoms with Crippen LogP contribution in [0.2, 0.25) is 0 Å². The number of unbranched alkanes of at least 4 members (excludes halogenated alkanes) is 1. The fourth-order valence-electron chi connectivity index (χ4n) is 3.05. The van der Waals surface area contributed by atoms with Crippen LogP contribution in [0.5, 0.6) is 0 Å². The Balaban J connectivity index is 1.41. The molecule has 0 aromatic carbocycles. The third-order valence-electron chi connectivity index (χ3n) is 4.64. The van der Waals surface area contributed by atoms with Gasteiger partial charge in [0.2, 0.25) is 0 Å². The number of hydrogen-bond acceptors (Lipinski definition) is 6. The van der Waals surface area contributed by atoms with Gasteiger partial charge in [-0.2, -0.15) is 5.10 Å². The summed E-state index contributed by atoms with van der Waals surface area (Å²) in [5.41, 5.74) is -0.725. The quantitative estimate of drug-likeness (QED) is 0.507. The van der Waals surface area contributed by atoms with Crippen molar-refractivity contribution in [3.63, 3.8) is 0 Å². The van der Waals surface area contributed by atoms with E-state index in [-0.39, 0.29) is 11.2 Å². The molecule has 1 fully saturated rings. The van der Waals surface area contributed by atoms with Gasteiger partial charge in [0.05, 0.1) is 0 Å². The van der Waals surface area contributed by atoms with Crippen molar-refractivity contribution >= 4 is 21.7 Å². The first-order valence-electron chi connectivity index (χ1n) is 8.77.